The summed E-state index contributed by atoms with van der Waals surface area (Å²) in [5, 5.41) is 9.54. The van der Waals surface area contributed by atoms with Crippen LogP contribution in [0, 0.1) is 0 Å². The van der Waals surface area contributed by atoms with E-state index in [1.54, 1.807) is 6.20 Å². The Kier molecular flexibility index (Phi) is 4.44. The third kappa shape index (κ3) is 3.74. The molecule has 0 aliphatic heterocycles. The van der Waals surface area contributed by atoms with Crippen LogP contribution in [-0.2, 0) is 0 Å². The third-order valence-corrected chi connectivity index (χ3v) is 3.85. The highest BCUT2D eigenvalue weighted by molar-refractivity contribution is 5.89. The number of anilines is 3. The van der Waals surface area contributed by atoms with Crippen molar-refractivity contribution in [2.45, 2.75) is 6.92 Å². The van der Waals surface area contributed by atoms with E-state index in [-0.39, 0.29) is 6.03 Å². The summed E-state index contributed by atoms with van der Waals surface area (Å²) in [5.74, 6) is 0.953. The molecule has 8 heteroatoms. The van der Waals surface area contributed by atoms with Gasteiger partial charge in [-0.3, -0.25) is 10.3 Å². The summed E-state index contributed by atoms with van der Waals surface area (Å²) in [4.78, 5) is 29.2. The van der Waals surface area contributed by atoms with Crippen molar-refractivity contribution in [2.24, 2.45) is 0 Å². The molecule has 0 aliphatic carbocycles. The van der Waals surface area contributed by atoms with E-state index in [0.29, 0.717) is 29.3 Å². The topological polar surface area (TPSA) is 105 Å². The molecule has 8 nitrogen and oxygen atoms in total. The Morgan fingerprint density at radius 1 is 0.963 bits per heavy atom. The van der Waals surface area contributed by atoms with Crippen LogP contribution >= 0.6 is 0 Å². The molecule has 0 atom stereocenters. The maximum Gasteiger partial charge on any atom is 0.320 e. The van der Waals surface area contributed by atoms with Crippen molar-refractivity contribution >= 4 is 45.4 Å². The Morgan fingerprint density at radius 3 is 2.67 bits per heavy atom. The number of urea groups is 1. The molecule has 0 saturated carbocycles. The highest BCUT2D eigenvalue weighted by atomic mass is 16.2. The summed E-state index contributed by atoms with van der Waals surface area (Å²) in [6.45, 7) is 2.37. The normalized spacial score (nSPS) is 10.7. The van der Waals surface area contributed by atoms with Crippen LogP contribution in [0.3, 0.4) is 0 Å². The minimum Gasteiger partial charge on any atom is -0.339 e. The van der Waals surface area contributed by atoms with Crippen molar-refractivity contribution in [3.05, 3.63) is 54.9 Å². The van der Waals surface area contributed by atoms with Crippen LogP contribution in [0.1, 0.15) is 6.92 Å². The number of pyridine rings is 2. The molecule has 0 bridgehead atoms. The van der Waals surface area contributed by atoms with Gasteiger partial charge >= 0.3 is 6.03 Å². The predicted molar refractivity (Wildman–Crippen MR) is 105 cm³/mol. The molecule has 1 aromatic carbocycles. The number of fused-ring (bicyclic) bond motifs is 2. The van der Waals surface area contributed by atoms with Crippen LogP contribution in [-0.4, -0.2) is 32.5 Å². The molecule has 2 amide bonds. The van der Waals surface area contributed by atoms with Crippen molar-refractivity contribution in [2.75, 3.05) is 17.2 Å². The fraction of sp³-hybridized carbons (Fsp3) is 0.105. The second kappa shape index (κ2) is 7.20. The van der Waals surface area contributed by atoms with Crippen molar-refractivity contribution in [1.29, 1.82) is 0 Å². The minimum absolute atomic E-state index is 0.331. The van der Waals surface area contributed by atoms with Crippen LogP contribution in [0.5, 0.6) is 0 Å². The van der Waals surface area contributed by atoms with Crippen molar-refractivity contribution < 1.29 is 4.79 Å². The van der Waals surface area contributed by atoms with Gasteiger partial charge in [-0.05, 0) is 31.2 Å². The SMILES string of the molecule is CCNC(=O)Nc1cnc2ccc(Nc3cnc4ccccc4c3)nc2n1. The number of nitrogens with one attached hydrogen (secondary N) is 3. The number of carbonyl (C=O) groups excluding carboxylic acids is 1. The van der Waals surface area contributed by atoms with E-state index < -0.39 is 0 Å². The predicted octanol–water partition coefficient (Wildman–Crippen LogP) is 3.46. The van der Waals surface area contributed by atoms with E-state index in [0.717, 1.165) is 16.6 Å². The Morgan fingerprint density at radius 2 is 1.78 bits per heavy atom. The first-order valence-electron chi connectivity index (χ1n) is 8.52. The van der Waals surface area contributed by atoms with E-state index in [1.807, 2.05) is 49.4 Å². The fourth-order valence-electron chi connectivity index (χ4n) is 2.64. The number of hydrogen-bond acceptors (Lipinski definition) is 6. The first-order valence-corrected chi connectivity index (χ1v) is 8.52. The molecule has 3 heterocycles. The van der Waals surface area contributed by atoms with Gasteiger partial charge in [0.05, 0.1) is 23.6 Å². The molecule has 0 fully saturated rings. The van der Waals surface area contributed by atoms with E-state index in [4.69, 9.17) is 0 Å². The summed E-state index contributed by atoms with van der Waals surface area (Å²) in [5.41, 5.74) is 2.83. The molecule has 27 heavy (non-hydrogen) atoms. The molecule has 4 aromatic rings. The average Bonchev–Trinajstić information content (AvgIpc) is 2.68. The monoisotopic (exact) mass is 359 g/mol. The number of aromatic nitrogens is 4. The lowest BCUT2D eigenvalue weighted by Crippen LogP contribution is -2.28. The van der Waals surface area contributed by atoms with Gasteiger partial charge < -0.3 is 10.6 Å². The van der Waals surface area contributed by atoms with Gasteiger partial charge in [0.25, 0.3) is 0 Å². The zero-order valence-corrected chi connectivity index (χ0v) is 14.6. The largest absolute Gasteiger partial charge is 0.339 e. The zero-order valence-electron chi connectivity index (χ0n) is 14.6. The molecule has 3 aromatic heterocycles. The minimum atomic E-state index is -0.331. The molecule has 0 unspecified atom stereocenters. The quantitative estimate of drug-likeness (QED) is 0.515. The number of nitrogens with zero attached hydrogens (tertiary/aromatic N) is 4. The van der Waals surface area contributed by atoms with Crippen LogP contribution in [0.4, 0.5) is 22.1 Å². The van der Waals surface area contributed by atoms with E-state index in [9.17, 15) is 4.79 Å². The highest BCUT2D eigenvalue weighted by Gasteiger charge is 2.06. The fourth-order valence-corrected chi connectivity index (χ4v) is 2.64. The lowest BCUT2D eigenvalue weighted by atomic mass is 10.2. The van der Waals surface area contributed by atoms with Crippen LogP contribution in [0.2, 0.25) is 0 Å². The number of para-hydroxylation sites is 1. The molecule has 3 N–H and O–H groups in total. The summed E-state index contributed by atoms with van der Waals surface area (Å²) < 4.78 is 0. The molecule has 0 radical (unpaired) electrons. The maximum atomic E-state index is 11.6. The van der Waals surface area contributed by atoms with Crippen molar-refractivity contribution in [3.63, 3.8) is 0 Å². The molecule has 4 rings (SSSR count). The first-order chi connectivity index (χ1) is 13.2. The smallest absolute Gasteiger partial charge is 0.320 e. The van der Waals surface area contributed by atoms with Gasteiger partial charge in [0.2, 0.25) is 0 Å². The number of carbonyl (C=O) groups is 1. The second-order valence-corrected chi connectivity index (χ2v) is 5.82. The van der Waals surface area contributed by atoms with Gasteiger partial charge in [-0.1, -0.05) is 18.2 Å². The van der Waals surface area contributed by atoms with Gasteiger partial charge in [-0.15, -0.1) is 0 Å². The lowest BCUT2D eigenvalue weighted by molar-refractivity contribution is 0.252. The first kappa shape index (κ1) is 16.6. The number of rotatable bonds is 4. The summed E-state index contributed by atoms with van der Waals surface area (Å²) in [6, 6.07) is 13.2. The molecule has 134 valence electrons. The molecular weight excluding hydrogens is 342 g/mol. The van der Waals surface area contributed by atoms with E-state index >= 15 is 0 Å². The van der Waals surface area contributed by atoms with Crippen LogP contribution in [0.25, 0.3) is 22.1 Å². The average molecular weight is 359 g/mol. The van der Waals surface area contributed by atoms with Gasteiger partial charge in [-0.2, -0.15) is 0 Å². The van der Waals surface area contributed by atoms with Gasteiger partial charge in [0.15, 0.2) is 11.5 Å². The van der Waals surface area contributed by atoms with E-state index in [1.165, 1.54) is 6.20 Å². The maximum absolute atomic E-state index is 11.6. The van der Waals surface area contributed by atoms with Gasteiger partial charge in [-0.25, -0.2) is 19.7 Å². The molecule has 0 saturated heterocycles. The zero-order chi connectivity index (χ0) is 18.6. The number of amides is 2. The standard InChI is InChI=1S/C19H17N7O/c1-2-20-19(27)26-17-11-22-15-7-8-16(24-18(15)25-17)23-13-9-12-5-3-4-6-14(12)21-10-13/h3-11H,2H2,1H3,(H3,20,23,24,25,26,27). The second-order valence-electron chi connectivity index (χ2n) is 5.82. The third-order valence-electron chi connectivity index (χ3n) is 3.85. The Balaban J connectivity index is 1.60. The highest BCUT2D eigenvalue weighted by Crippen LogP contribution is 2.20. The molecular formula is C19H17N7O. The summed E-state index contributed by atoms with van der Waals surface area (Å²) in [6.07, 6.45) is 3.26. The summed E-state index contributed by atoms with van der Waals surface area (Å²) in [7, 11) is 0. The van der Waals surface area contributed by atoms with E-state index in [2.05, 4.69) is 35.9 Å². The van der Waals surface area contributed by atoms with Crippen LogP contribution < -0.4 is 16.0 Å². The van der Waals surface area contributed by atoms with Crippen molar-refractivity contribution in [3.8, 4) is 0 Å². The van der Waals surface area contributed by atoms with Gasteiger partial charge in [0.1, 0.15) is 11.3 Å². The Labute approximate surface area is 155 Å². The lowest BCUT2D eigenvalue weighted by Gasteiger charge is -2.08. The molecule has 0 aliphatic rings. The Hall–Kier alpha value is -3.81. The van der Waals surface area contributed by atoms with Crippen LogP contribution in [0.15, 0.2) is 54.9 Å². The Bertz CT molecular complexity index is 1130. The summed E-state index contributed by atoms with van der Waals surface area (Å²) >= 11 is 0. The number of benzene rings is 1. The number of hydrogen-bond donors (Lipinski definition) is 3. The molecule has 0 spiro atoms. The van der Waals surface area contributed by atoms with Gasteiger partial charge in [0, 0.05) is 11.9 Å². The van der Waals surface area contributed by atoms with Crippen molar-refractivity contribution in [1.82, 2.24) is 25.3 Å².